The average Bonchev–Trinajstić information content (AvgIpc) is 3.20. The van der Waals surface area contributed by atoms with E-state index < -0.39 is 10.0 Å². The lowest BCUT2D eigenvalue weighted by Crippen LogP contribution is -2.38. The summed E-state index contributed by atoms with van der Waals surface area (Å²) in [4.78, 5) is 12.4. The highest BCUT2D eigenvalue weighted by Crippen LogP contribution is 2.26. The summed E-state index contributed by atoms with van der Waals surface area (Å²) in [5, 5.41) is 2.74. The summed E-state index contributed by atoms with van der Waals surface area (Å²) in [6.45, 7) is 0.288. The zero-order valence-corrected chi connectivity index (χ0v) is 15.7. The maximum absolute atomic E-state index is 12.8. The monoisotopic (exact) mass is 376 g/mol. The van der Waals surface area contributed by atoms with Gasteiger partial charge in [-0.15, -0.1) is 0 Å². The van der Waals surface area contributed by atoms with Crippen molar-refractivity contribution < 1.29 is 17.6 Å². The summed E-state index contributed by atoms with van der Waals surface area (Å²) >= 11 is 0. The maximum Gasteiger partial charge on any atom is 0.251 e. The van der Waals surface area contributed by atoms with Crippen molar-refractivity contribution in [3.8, 4) is 0 Å². The number of benzene rings is 1. The second-order valence-electron chi connectivity index (χ2n) is 6.60. The Morgan fingerprint density at radius 2 is 1.85 bits per heavy atom. The van der Waals surface area contributed by atoms with E-state index in [9.17, 15) is 13.2 Å². The van der Waals surface area contributed by atoms with Gasteiger partial charge in [-0.2, -0.15) is 4.31 Å². The van der Waals surface area contributed by atoms with Gasteiger partial charge >= 0.3 is 0 Å². The molecular formula is C19H24N2O4S. The molecule has 0 saturated heterocycles. The zero-order valence-electron chi connectivity index (χ0n) is 14.8. The topological polar surface area (TPSA) is 79.6 Å². The summed E-state index contributed by atoms with van der Waals surface area (Å²) in [5.74, 6) is 0.387. The summed E-state index contributed by atoms with van der Waals surface area (Å²) < 4.78 is 32.3. The number of furan rings is 1. The van der Waals surface area contributed by atoms with Gasteiger partial charge in [0.2, 0.25) is 10.0 Å². The quantitative estimate of drug-likeness (QED) is 0.840. The minimum Gasteiger partial charge on any atom is -0.467 e. The Balaban J connectivity index is 1.66. The van der Waals surface area contributed by atoms with Crippen molar-refractivity contribution >= 4 is 15.9 Å². The number of rotatable bonds is 6. The largest absolute Gasteiger partial charge is 0.467 e. The smallest absolute Gasteiger partial charge is 0.251 e. The van der Waals surface area contributed by atoms with E-state index in [2.05, 4.69) is 5.32 Å². The van der Waals surface area contributed by atoms with Crippen LogP contribution < -0.4 is 5.32 Å². The van der Waals surface area contributed by atoms with Crippen LogP contribution in [0.5, 0.6) is 0 Å². The predicted molar refractivity (Wildman–Crippen MR) is 98.1 cm³/mol. The number of carbonyl (C=O) groups is 1. The molecule has 0 bridgehead atoms. The molecule has 1 aromatic heterocycles. The molecule has 2 aromatic rings. The number of nitrogens with one attached hydrogen (secondary N) is 1. The summed E-state index contributed by atoms with van der Waals surface area (Å²) in [7, 11) is -1.89. The minimum absolute atomic E-state index is 0.0602. The number of sulfonamides is 1. The van der Waals surface area contributed by atoms with Crippen molar-refractivity contribution in [3.05, 3.63) is 54.0 Å². The molecule has 1 saturated carbocycles. The fraction of sp³-hybridized carbons (Fsp3) is 0.421. The number of hydrogen-bond donors (Lipinski definition) is 1. The molecular weight excluding hydrogens is 352 g/mol. The van der Waals surface area contributed by atoms with Gasteiger partial charge in [0.15, 0.2) is 0 Å². The molecule has 1 N–H and O–H groups in total. The van der Waals surface area contributed by atoms with Crippen LogP contribution >= 0.6 is 0 Å². The van der Waals surface area contributed by atoms with Crippen LogP contribution in [0.4, 0.5) is 0 Å². The molecule has 3 rings (SSSR count). The molecule has 7 heteroatoms. The first-order valence-corrected chi connectivity index (χ1v) is 10.3. The van der Waals surface area contributed by atoms with Gasteiger partial charge in [-0.1, -0.05) is 19.3 Å². The third-order valence-electron chi connectivity index (χ3n) is 4.89. The molecule has 0 aliphatic heterocycles. The van der Waals surface area contributed by atoms with Gasteiger partial charge in [-0.05, 0) is 49.2 Å². The summed E-state index contributed by atoms with van der Waals surface area (Å²) in [6.07, 6.45) is 6.67. The average molecular weight is 376 g/mol. The summed E-state index contributed by atoms with van der Waals surface area (Å²) in [5.41, 5.74) is 0.413. The van der Waals surface area contributed by atoms with Crippen LogP contribution in [0.15, 0.2) is 52.0 Å². The second-order valence-corrected chi connectivity index (χ2v) is 8.60. The first-order valence-electron chi connectivity index (χ1n) is 8.87. The Bertz CT molecular complexity index is 823. The van der Waals surface area contributed by atoms with E-state index in [4.69, 9.17) is 4.42 Å². The summed E-state index contributed by atoms with van der Waals surface area (Å²) in [6, 6.07) is 9.66. The Labute approximate surface area is 154 Å². The van der Waals surface area contributed by atoms with Crippen LogP contribution in [-0.2, 0) is 16.6 Å². The SMILES string of the molecule is CN(C1CCCCC1)S(=O)(=O)c1ccc(C(=O)NCc2ccco2)cc1. The Kier molecular flexibility index (Phi) is 5.78. The minimum atomic E-state index is -3.54. The van der Waals surface area contributed by atoms with Crippen LogP contribution in [0.25, 0.3) is 0 Å². The number of carbonyl (C=O) groups excluding carboxylic acids is 1. The first kappa shape index (κ1) is 18.7. The van der Waals surface area contributed by atoms with Crippen molar-refractivity contribution in [2.24, 2.45) is 0 Å². The lowest BCUT2D eigenvalue weighted by molar-refractivity contribution is 0.0948. The van der Waals surface area contributed by atoms with E-state index in [0.717, 1.165) is 25.7 Å². The first-order chi connectivity index (χ1) is 12.5. The van der Waals surface area contributed by atoms with Crippen molar-refractivity contribution in [2.45, 2.75) is 49.6 Å². The van der Waals surface area contributed by atoms with E-state index in [1.807, 2.05) is 0 Å². The highest BCUT2D eigenvalue weighted by Gasteiger charge is 2.29. The maximum atomic E-state index is 12.8. The molecule has 6 nitrogen and oxygen atoms in total. The van der Waals surface area contributed by atoms with Crippen LogP contribution in [0.3, 0.4) is 0 Å². The van der Waals surface area contributed by atoms with Crippen molar-refractivity contribution in [1.82, 2.24) is 9.62 Å². The Morgan fingerprint density at radius 3 is 2.46 bits per heavy atom. The van der Waals surface area contributed by atoms with Crippen LogP contribution in [0.1, 0.15) is 48.2 Å². The molecule has 0 atom stereocenters. The molecule has 140 valence electrons. The number of amides is 1. The van der Waals surface area contributed by atoms with E-state index in [-0.39, 0.29) is 23.4 Å². The molecule has 1 aromatic carbocycles. The van der Waals surface area contributed by atoms with Gasteiger partial charge in [-0.25, -0.2) is 8.42 Å². The molecule has 1 amide bonds. The standard InChI is InChI=1S/C19H24N2O4S/c1-21(16-6-3-2-4-7-16)26(23,24)18-11-9-15(10-12-18)19(22)20-14-17-8-5-13-25-17/h5,8-13,16H,2-4,6-7,14H2,1H3,(H,20,22). The third-order valence-corrected chi connectivity index (χ3v) is 6.81. The Hall–Kier alpha value is -2.12. The zero-order chi connectivity index (χ0) is 18.6. The molecule has 0 unspecified atom stereocenters. The van der Waals surface area contributed by atoms with Gasteiger partial charge < -0.3 is 9.73 Å². The van der Waals surface area contributed by atoms with E-state index in [1.165, 1.54) is 22.9 Å². The number of nitrogens with zero attached hydrogens (tertiary/aromatic N) is 1. The molecule has 1 heterocycles. The fourth-order valence-corrected chi connectivity index (χ4v) is 4.68. The lowest BCUT2D eigenvalue weighted by Gasteiger charge is -2.30. The highest BCUT2D eigenvalue weighted by atomic mass is 32.2. The van der Waals surface area contributed by atoms with E-state index in [1.54, 1.807) is 37.6 Å². The predicted octanol–water partition coefficient (Wildman–Crippen LogP) is 3.16. The molecule has 26 heavy (non-hydrogen) atoms. The van der Waals surface area contributed by atoms with Crippen molar-refractivity contribution in [2.75, 3.05) is 7.05 Å². The number of hydrogen-bond acceptors (Lipinski definition) is 4. The van der Waals surface area contributed by atoms with E-state index >= 15 is 0 Å². The van der Waals surface area contributed by atoms with Gasteiger partial charge in [0.05, 0.1) is 17.7 Å². The van der Waals surface area contributed by atoms with Gasteiger partial charge in [-0.3, -0.25) is 4.79 Å². The van der Waals surface area contributed by atoms with Crippen LogP contribution in [0, 0.1) is 0 Å². The fourth-order valence-electron chi connectivity index (χ4n) is 3.27. The van der Waals surface area contributed by atoms with Crippen molar-refractivity contribution in [1.29, 1.82) is 0 Å². The molecule has 1 fully saturated rings. The van der Waals surface area contributed by atoms with Gasteiger partial charge in [0, 0.05) is 18.7 Å². The third kappa shape index (κ3) is 4.16. The lowest BCUT2D eigenvalue weighted by atomic mass is 9.96. The molecule has 0 spiro atoms. The second kappa shape index (κ2) is 8.05. The van der Waals surface area contributed by atoms with Crippen molar-refractivity contribution in [3.63, 3.8) is 0 Å². The molecule has 1 aliphatic rings. The van der Waals surface area contributed by atoms with Crippen LogP contribution in [-0.4, -0.2) is 31.7 Å². The molecule has 0 radical (unpaired) electrons. The van der Waals surface area contributed by atoms with Gasteiger partial charge in [0.25, 0.3) is 5.91 Å². The van der Waals surface area contributed by atoms with Gasteiger partial charge in [0.1, 0.15) is 5.76 Å². The normalized spacial score (nSPS) is 15.9. The molecule has 1 aliphatic carbocycles. The van der Waals surface area contributed by atoms with Crippen LogP contribution in [0.2, 0.25) is 0 Å². The Morgan fingerprint density at radius 1 is 1.15 bits per heavy atom. The highest BCUT2D eigenvalue weighted by molar-refractivity contribution is 7.89. The van der Waals surface area contributed by atoms with E-state index in [0.29, 0.717) is 11.3 Å².